The number of urea groups is 1. The molecule has 0 radical (unpaired) electrons. The van der Waals surface area contributed by atoms with E-state index >= 15 is 0 Å². The summed E-state index contributed by atoms with van der Waals surface area (Å²) in [6, 6.07) is 10.5. The Balaban J connectivity index is 2.22. The molecule has 0 bridgehead atoms. The van der Waals surface area contributed by atoms with E-state index in [9.17, 15) is 42.0 Å². The number of hydrogen-bond acceptors (Lipinski definition) is 10. The number of benzene rings is 2. The number of nitrogens with one attached hydrogen (secondary N) is 7. The Kier molecular flexibility index (Phi) is 22.4. The van der Waals surface area contributed by atoms with Crippen molar-refractivity contribution in [2.75, 3.05) is 26.0 Å². The SMILES string of the molecule is CCCC(=O)NC(C(=O)N[C@@H](CCCNC(N)=O)C(=O)Nc1ccc(CS(=O)(=O)NC(=O)/C(C)=C/[C@H](C(C)C)N(C)C(=O)C(NC(=O)[C@@H](NC)C(C)(C)c2ccccc2)C(C)(C)C)cc1)C(C)C. The van der Waals surface area contributed by atoms with Crippen LogP contribution in [-0.2, 0) is 50.0 Å². The summed E-state index contributed by atoms with van der Waals surface area (Å²) in [6.07, 6.45) is 2.75. The van der Waals surface area contributed by atoms with E-state index < -0.39 is 80.6 Å². The molecule has 0 aliphatic carbocycles. The lowest BCUT2D eigenvalue weighted by Gasteiger charge is -2.40. The van der Waals surface area contributed by atoms with Crippen LogP contribution < -0.4 is 42.4 Å². The summed E-state index contributed by atoms with van der Waals surface area (Å²) < 4.78 is 28.7. The van der Waals surface area contributed by atoms with Crippen molar-refractivity contribution < 1.29 is 42.0 Å². The van der Waals surface area contributed by atoms with Crippen LogP contribution >= 0.6 is 0 Å². The quantitative estimate of drug-likeness (QED) is 0.0524. The van der Waals surface area contributed by atoms with Crippen LogP contribution in [0.15, 0.2) is 66.2 Å². The van der Waals surface area contributed by atoms with Gasteiger partial charge in [0.1, 0.15) is 18.1 Å². The molecule has 2 aromatic rings. The molecule has 0 aliphatic rings. The zero-order chi connectivity index (χ0) is 51.7. The lowest BCUT2D eigenvalue weighted by Crippen LogP contribution is -2.61. The predicted octanol–water partition coefficient (Wildman–Crippen LogP) is 3.97. The topological polar surface area (TPSA) is 267 Å². The second-order valence-corrected chi connectivity index (χ2v) is 21.3. The second-order valence-electron chi connectivity index (χ2n) is 19.6. The van der Waals surface area contributed by atoms with Gasteiger partial charge in [-0.25, -0.2) is 17.9 Å². The van der Waals surface area contributed by atoms with Gasteiger partial charge in [-0.15, -0.1) is 0 Å². The summed E-state index contributed by atoms with van der Waals surface area (Å²) in [5.41, 5.74) is 5.39. The minimum Gasteiger partial charge on any atom is -0.352 e. The summed E-state index contributed by atoms with van der Waals surface area (Å²) in [6.45, 7) is 20.2. The molecule has 0 aliphatic heterocycles. The van der Waals surface area contributed by atoms with Crippen LogP contribution in [0.1, 0.15) is 113 Å². The third-order valence-corrected chi connectivity index (χ3v) is 12.8. The number of rotatable bonds is 25. The molecule has 18 nitrogen and oxygen atoms in total. The summed E-state index contributed by atoms with van der Waals surface area (Å²) >= 11 is 0. The average Bonchev–Trinajstić information content (AvgIpc) is 3.24. The van der Waals surface area contributed by atoms with Crippen LogP contribution in [0.2, 0.25) is 0 Å². The zero-order valence-electron chi connectivity index (χ0n) is 42.2. The molecule has 9 N–H and O–H groups in total. The Labute approximate surface area is 403 Å². The molecule has 0 aromatic heterocycles. The van der Waals surface area contributed by atoms with E-state index in [0.29, 0.717) is 12.0 Å². The number of anilines is 1. The Morgan fingerprint density at radius 1 is 0.794 bits per heavy atom. The number of carbonyl (C=O) groups is 7. The first kappa shape index (κ1) is 58.3. The van der Waals surface area contributed by atoms with Crippen molar-refractivity contribution in [1.29, 1.82) is 0 Å². The molecule has 0 saturated carbocycles. The Hall–Kier alpha value is -5.82. The van der Waals surface area contributed by atoms with Gasteiger partial charge in [0.2, 0.25) is 39.6 Å². The van der Waals surface area contributed by atoms with Crippen molar-refractivity contribution in [2.45, 2.75) is 143 Å². The highest BCUT2D eigenvalue weighted by Crippen LogP contribution is 2.29. The van der Waals surface area contributed by atoms with Gasteiger partial charge in [0.15, 0.2) is 0 Å². The first-order valence-electron chi connectivity index (χ1n) is 23.1. The summed E-state index contributed by atoms with van der Waals surface area (Å²) in [7, 11) is -0.963. The number of hydrogen-bond donors (Lipinski definition) is 8. The normalized spacial score (nSPS) is 14.4. The molecule has 2 aromatic carbocycles. The monoisotopic (exact) mass is 968 g/mol. The maximum Gasteiger partial charge on any atom is 0.312 e. The fraction of sp³-hybridized carbons (Fsp3) is 0.571. The maximum atomic E-state index is 14.3. The van der Waals surface area contributed by atoms with Crippen molar-refractivity contribution in [1.82, 2.24) is 36.2 Å². The standard InChI is InChI=1S/C49H77N9O9S/c1-14-19-38(59)55-39(31(4)5)44(62)54-36(22-18-27-52-47(50)65)43(61)53-35-25-23-33(24-26-35)29-68(66,67)57-42(60)32(6)28-37(30(2)3)58(13)46(64)41(48(7,8)9)56-45(63)40(51-12)49(10,11)34-20-16-15-17-21-34/h15-17,20-21,23-26,28,30-31,36-37,39-41,51H,14,18-19,22,27,29H2,1-13H3,(H,53,61)(H,54,62)(H,55,59)(H,56,63)(H,57,60)(H3,50,52,65)/b32-28+/t36-,37+,39?,40+,41?/m0/s1. The Morgan fingerprint density at radius 2 is 1.40 bits per heavy atom. The molecule has 2 unspecified atom stereocenters. The number of sulfonamides is 1. The van der Waals surface area contributed by atoms with Crippen molar-refractivity contribution >= 4 is 57.2 Å². The van der Waals surface area contributed by atoms with Crippen molar-refractivity contribution in [2.24, 2.45) is 23.0 Å². The fourth-order valence-corrected chi connectivity index (χ4v) is 8.76. The number of nitrogens with two attached hydrogens (primary N) is 1. The van der Waals surface area contributed by atoms with Crippen LogP contribution in [0.25, 0.3) is 0 Å². The van der Waals surface area contributed by atoms with Gasteiger partial charge in [-0.05, 0) is 73.7 Å². The molecule has 68 heavy (non-hydrogen) atoms. The van der Waals surface area contributed by atoms with Crippen LogP contribution in [0, 0.1) is 17.3 Å². The molecule has 8 amide bonds. The van der Waals surface area contributed by atoms with Gasteiger partial charge in [-0.3, -0.25) is 28.8 Å². The molecule has 0 fully saturated rings. The fourth-order valence-electron chi connectivity index (χ4n) is 7.61. The number of carbonyl (C=O) groups excluding carboxylic acids is 7. The minimum absolute atomic E-state index is 0.0521. The summed E-state index contributed by atoms with van der Waals surface area (Å²) in [5.74, 6) is -4.17. The molecular weight excluding hydrogens is 891 g/mol. The highest BCUT2D eigenvalue weighted by molar-refractivity contribution is 7.89. The average molecular weight is 968 g/mol. The number of amides is 8. The molecule has 2 rings (SSSR count). The minimum atomic E-state index is -4.25. The summed E-state index contributed by atoms with van der Waals surface area (Å²) in [5, 5.41) is 16.7. The highest BCUT2D eigenvalue weighted by Gasteiger charge is 2.42. The smallest absolute Gasteiger partial charge is 0.312 e. The largest absolute Gasteiger partial charge is 0.352 e. The van der Waals surface area contributed by atoms with E-state index in [2.05, 4.69) is 36.6 Å². The summed E-state index contributed by atoms with van der Waals surface area (Å²) in [4.78, 5) is 93.5. The maximum absolute atomic E-state index is 14.3. The molecule has 19 heteroatoms. The van der Waals surface area contributed by atoms with Gasteiger partial charge in [0.05, 0.1) is 17.8 Å². The molecular formula is C49H77N9O9S. The lowest BCUT2D eigenvalue weighted by molar-refractivity contribution is -0.141. The van der Waals surface area contributed by atoms with E-state index in [4.69, 9.17) is 5.73 Å². The second kappa shape index (κ2) is 26.1. The Bertz CT molecular complexity index is 2190. The Morgan fingerprint density at radius 3 is 1.91 bits per heavy atom. The van der Waals surface area contributed by atoms with E-state index in [-0.39, 0.29) is 66.6 Å². The van der Waals surface area contributed by atoms with Crippen LogP contribution in [-0.4, -0.2) is 106 Å². The predicted molar refractivity (Wildman–Crippen MR) is 265 cm³/mol. The highest BCUT2D eigenvalue weighted by atomic mass is 32.2. The number of primary amides is 1. The van der Waals surface area contributed by atoms with Gasteiger partial charge in [-0.1, -0.05) is 118 Å². The first-order valence-corrected chi connectivity index (χ1v) is 24.8. The van der Waals surface area contributed by atoms with Gasteiger partial charge in [0, 0.05) is 36.7 Å². The van der Waals surface area contributed by atoms with E-state index in [1.165, 1.54) is 42.2 Å². The van der Waals surface area contributed by atoms with Gasteiger partial charge >= 0.3 is 6.03 Å². The van der Waals surface area contributed by atoms with E-state index in [0.717, 1.165) is 5.56 Å². The van der Waals surface area contributed by atoms with Crippen LogP contribution in [0.5, 0.6) is 0 Å². The van der Waals surface area contributed by atoms with Crippen molar-refractivity contribution in [3.8, 4) is 0 Å². The van der Waals surface area contributed by atoms with Crippen molar-refractivity contribution in [3.63, 3.8) is 0 Å². The van der Waals surface area contributed by atoms with Crippen molar-refractivity contribution in [3.05, 3.63) is 77.4 Å². The molecule has 0 saturated heterocycles. The number of likely N-dealkylation sites (N-methyl/N-ethyl adjacent to an activating group) is 2. The molecule has 0 heterocycles. The van der Waals surface area contributed by atoms with Gasteiger partial charge in [-0.2, -0.15) is 0 Å². The van der Waals surface area contributed by atoms with Crippen LogP contribution in [0.3, 0.4) is 0 Å². The molecule has 5 atom stereocenters. The van der Waals surface area contributed by atoms with E-state index in [1.54, 1.807) is 27.9 Å². The zero-order valence-corrected chi connectivity index (χ0v) is 43.0. The van der Waals surface area contributed by atoms with E-state index in [1.807, 2.05) is 85.7 Å². The first-order chi connectivity index (χ1) is 31.6. The number of nitrogens with zero attached hydrogens (tertiary/aromatic N) is 1. The third kappa shape index (κ3) is 18.0. The third-order valence-electron chi connectivity index (χ3n) is 11.6. The lowest BCUT2D eigenvalue weighted by atomic mass is 9.76. The molecule has 0 spiro atoms. The molecule has 378 valence electrons. The van der Waals surface area contributed by atoms with Gasteiger partial charge < -0.3 is 42.5 Å². The van der Waals surface area contributed by atoms with Gasteiger partial charge in [0.25, 0.3) is 5.91 Å². The van der Waals surface area contributed by atoms with Crippen LogP contribution in [0.4, 0.5) is 10.5 Å².